The third kappa shape index (κ3) is 1.96. The molecule has 2 aromatic rings. The molecule has 1 aliphatic carbocycles. The van der Waals surface area contributed by atoms with Crippen molar-refractivity contribution in [2.75, 3.05) is 0 Å². The van der Waals surface area contributed by atoms with Gasteiger partial charge >= 0.3 is 0 Å². The Labute approximate surface area is 99.5 Å². The summed E-state index contributed by atoms with van der Waals surface area (Å²) in [5.74, 6) is 0.701. The Morgan fingerprint density at radius 3 is 2.65 bits per heavy atom. The minimum absolute atomic E-state index is 0.126. The van der Waals surface area contributed by atoms with E-state index in [1.807, 2.05) is 18.2 Å². The Morgan fingerprint density at radius 1 is 1.12 bits per heavy atom. The van der Waals surface area contributed by atoms with Gasteiger partial charge in [-0.1, -0.05) is 30.3 Å². The average molecular weight is 224 g/mol. The molecule has 2 atom stereocenters. The Balaban J connectivity index is 1.76. The van der Waals surface area contributed by atoms with Crippen molar-refractivity contribution < 1.29 is 4.79 Å². The van der Waals surface area contributed by atoms with Crippen molar-refractivity contribution in [3.05, 3.63) is 59.9 Å². The lowest BCUT2D eigenvalue weighted by molar-refractivity contribution is 0.0964. The van der Waals surface area contributed by atoms with Gasteiger partial charge in [-0.25, -0.2) is 0 Å². The highest BCUT2D eigenvalue weighted by atomic mass is 16.1. The van der Waals surface area contributed by atoms with Crippen LogP contribution in [0.5, 0.6) is 0 Å². The second-order valence-corrected chi connectivity index (χ2v) is 4.35. The van der Waals surface area contributed by atoms with Crippen molar-refractivity contribution in [2.45, 2.75) is 12.3 Å². The minimum atomic E-state index is 0.126. The van der Waals surface area contributed by atoms with Crippen molar-refractivity contribution >= 4 is 5.78 Å². The van der Waals surface area contributed by atoms with E-state index in [1.54, 1.807) is 18.5 Å². The monoisotopic (exact) mass is 224 g/mol. The SMILES string of the molecule is O=C(c1ccnnc1)C1CC1c1ccccc1. The van der Waals surface area contributed by atoms with Crippen LogP contribution in [-0.2, 0) is 0 Å². The molecule has 3 heteroatoms. The summed E-state index contributed by atoms with van der Waals surface area (Å²) in [6.07, 6.45) is 4.06. The van der Waals surface area contributed by atoms with Gasteiger partial charge in [0.25, 0.3) is 0 Å². The second-order valence-electron chi connectivity index (χ2n) is 4.35. The zero-order chi connectivity index (χ0) is 11.7. The number of nitrogens with zero attached hydrogens (tertiary/aromatic N) is 2. The van der Waals surface area contributed by atoms with Crippen LogP contribution in [0.4, 0.5) is 0 Å². The van der Waals surface area contributed by atoms with Crippen LogP contribution in [0, 0.1) is 5.92 Å². The van der Waals surface area contributed by atoms with E-state index in [4.69, 9.17) is 0 Å². The lowest BCUT2D eigenvalue weighted by Gasteiger charge is -2.00. The molecule has 1 fully saturated rings. The van der Waals surface area contributed by atoms with Crippen molar-refractivity contribution in [3.8, 4) is 0 Å². The second kappa shape index (κ2) is 4.09. The van der Waals surface area contributed by atoms with E-state index in [9.17, 15) is 4.79 Å². The van der Waals surface area contributed by atoms with Crippen LogP contribution in [0.3, 0.4) is 0 Å². The molecular formula is C14H12N2O. The van der Waals surface area contributed by atoms with Gasteiger partial charge in [0.1, 0.15) is 0 Å². The normalized spacial score (nSPS) is 22.1. The van der Waals surface area contributed by atoms with E-state index in [1.165, 1.54) is 5.56 Å². The van der Waals surface area contributed by atoms with E-state index in [0.29, 0.717) is 11.5 Å². The quantitative estimate of drug-likeness (QED) is 0.752. The first-order valence-electron chi connectivity index (χ1n) is 5.72. The fourth-order valence-electron chi connectivity index (χ4n) is 2.20. The Hall–Kier alpha value is -2.03. The maximum atomic E-state index is 12.1. The summed E-state index contributed by atoms with van der Waals surface area (Å²) in [6.45, 7) is 0. The zero-order valence-electron chi connectivity index (χ0n) is 9.28. The van der Waals surface area contributed by atoms with Crippen LogP contribution < -0.4 is 0 Å². The summed E-state index contributed by atoms with van der Waals surface area (Å²) in [6, 6.07) is 11.9. The largest absolute Gasteiger partial charge is 0.294 e. The third-order valence-corrected chi connectivity index (χ3v) is 3.22. The number of carbonyl (C=O) groups is 1. The fourth-order valence-corrected chi connectivity index (χ4v) is 2.20. The molecule has 0 amide bonds. The number of rotatable bonds is 3. The summed E-state index contributed by atoms with van der Waals surface area (Å²) < 4.78 is 0. The van der Waals surface area contributed by atoms with Crippen LogP contribution in [0.15, 0.2) is 48.8 Å². The molecule has 3 rings (SSSR count). The topological polar surface area (TPSA) is 42.9 Å². The first-order valence-corrected chi connectivity index (χ1v) is 5.72. The van der Waals surface area contributed by atoms with E-state index < -0.39 is 0 Å². The van der Waals surface area contributed by atoms with Crippen molar-refractivity contribution in [2.24, 2.45) is 5.92 Å². The van der Waals surface area contributed by atoms with Gasteiger partial charge < -0.3 is 0 Å². The van der Waals surface area contributed by atoms with Crippen LogP contribution in [0.25, 0.3) is 0 Å². The van der Waals surface area contributed by atoms with Crippen LogP contribution in [0.2, 0.25) is 0 Å². The van der Waals surface area contributed by atoms with Gasteiger partial charge in [0, 0.05) is 11.5 Å². The molecule has 0 radical (unpaired) electrons. The smallest absolute Gasteiger partial charge is 0.168 e. The van der Waals surface area contributed by atoms with Gasteiger partial charge in [-0.15, -0.1) is 0 Å². The van der Waals surface area contributed by atoms with Crippen molar-refractivity contribution in [1.82, 2.24) is 10.2 Å². The highest BCUT2D eigenvalue weighted by Crippen LogP contribution is 2.48. The molecule has 1 aromatic carbocycles. The molecule has 1 heterocycles. The number of ketones is 1. The first kappa shape index (κ1) is 10.1. The number of aromatic nitrogens is 2. The molecule has 1 aliphatic rings. The standard InChI is InChI=1S/C14H12N2O/c17-14(11-6-7-15-16-9-11)13-8-12(13)10-4-2-1-3-5-10/h1-7,9,12-13H,8H2. The number of hydrogen-bond donors (Lipinski definition) is 0. The molecule has 0 saturated heterocycles. The molecule has 0 N–H and O–H groups in total. The predicted octanol–water partition coefficient (Wildman–Crippen LogP) is 2.46. The number of hydrogen-bond acceptors (Lipinski definition) is 3. The maximum absolute atomic E-state index is 12.1. The van der Waals surface area contributed by atoms with E-state index >= 15 is 0 Å². The number of carbonyl (C=O) groups excluding carboxylic acids is 1. The van der Waals surface area contributed by atoms with Gasteiger partial charge in [-0.05, 0) is 24.0 Å². The Kier molecular flexibility index (Phi) is 2.44. The number of benzene rings is 1. The van der Waals surface area contributed by atoms with Crippen LogP contribution in [0.1, 0.15) is 28.3 Å². The number of Topliss-reactive ketones (excluding diaryl/α,β-unsaturated/α-hetero) is 1. The highest BCUT2D eigenvalue weighted by Gasteiger charge is 2.43. The molecule has 0 spiro atoms. The first-order chi connectivity index (χ1) is 8.36. The molecule has 1 aromatic heterocycles. The van der Waals surface area contributed by atoms with Gasteiger partial charge in [0.15, 0.2) is 5.78 Å². The maximum Gasteiger partial charge on any atom is 0.168 e. The molecule has 84 valence electrons. The molecule has 0 bridgehead atoms. The van der Waals surface area contributed by atoms with Gasteiger partial charge in [-0.2, -0.15) is 10.2 Å². The summed E-state index contributed by atoms with van der Waals surface area (Å²) in [4.78, 5) is 12.1. The molecule has 1 saturated carbocycles. The van der Waals surface area contributed by atoms with Gasteiger partial charge in [0.05, 0.1) is 12.4 Å². The fraction of sp³-hybridized carbons (Fsp3) is 0.214. The van der Waals surface area contributed by atoms with Crippen LogP contribution in [-0.4, -0.2) is 16.0 Å². The highest BCUT2D eigenvalue weighted by molar-refractivity contribution is 6.00. The van der Waals surface area contributed by atoms with Crippen LogP contribution >= 0.6 is 0 Å². The van der Waals surface area contributed by atoms with E-state index in [0.717, 1.165) is 6.42 Å². The molecule has 2 unspecified atom stereocenters. The minimum Gasteiger partial charge on any atom is -0.294 e. The lowest BCUT2D eigenvalue weighted by atomic mass is 10.0. The summed E-state index contributed by atoms with van der Waals surface area (Å²) >= 11 is 0. The summed E-state index contributed by atoms with van der Waals surface area (Å²) in [5, 5.41) is 7.43. The van der Waals surface area contributed by atoms with Crippen molar-refractivity contribution in [1.29, 1.82) is 0 Å². The summed E-state index contributed by atoms with van der Waals surface area (Å²) in [5.41, 5.74) is 1.93. The Morgan fingerprint density at radius 2 is 1.94 bits per heavy atom. The average Bonchev–Trinajstić information content (AvgIpc) is 3.20. The Bertz CT molecular complexity index is 524. The molecule has 17 heavy (non-hydrogen) atoms. The zero-order valence-corrected chi connectivity index (χ0v) is 9.28. The van der Waals surface area contributed by atoms with E-state index in [-0.39, 0.29) is 11.7 Å². The van der Waals surface area contributed by atoms with E-state index in [2.05, 4.69) is 22.3 Å². The van der Waals surface area contributed by atoms with Gasteiger partial charge in [-0.3, -0.25) is 4.79 Å². The lowest BCUT2D eigenvalue weighted by Crippen LogP contribution is -2.03. The third-order valence-electron chi connectivity index (χ3n) is 3.22. The van der Waals surface area contributed by atoms with Crippen molar-refractivity contribution in [3.63, 3.8) is 0 Å². The molecule has 3 nitrogen and oxygen atoms in total. The van der Waals surface area contributed by atoms with Gasteiger partial charge in [0.2, 0.25) is 0 Å². The summed E-state index contributed by atoms with van der Waals surface area (Å²) in [7, 11) is 0. The molecule has 0 aliphatic heterocycles. The molecular weight excluding hydrogens is 212 g/mol. The predicted molar refractivity (Wildman–Crippen MR) is 63.7 cm³/mol.